The van der Waals surface area contributed by atoms with Gasteiger partial charge in [-0.1, -0.05) is 0 Å². The van der Waals surface area contributed by atoms with Crippen LogP contribution in [0, 0.1) is 0 Å². The minimum Gasteiger partial charge on any atom is -0.355 e. The number of nitrogens with zero attached hydrogens (tertiary/aromatic N) is 2. The number of nitrogens with one attached hydrogen (secondary N) is 2. The van der Waals surface area contributed by atoms with Crippen LogP contribution in [0.1, 0.15) is 19.3 Å². The molecule has 1 unspecified atom stereocenters. The quantitative estimate of drug-likeness (QED) is 0.690. The third-order valence-corrected chi connectivity index (χ3v) is 3.89. The molecule has 2 aliphatic heterocycles. The lowest BCUT2D eigenvalue weighted by molar-refractivity contribution is -0.134. The topological polar surface area (TPSA) is 64.7 Å². The molecule has 0 saturated carbocycles. The number of likely N-dealkylation sites (N-methyl/N-ethyl adjacent to an activating group) is 1. The van der Waals surface area contributed by atoms with Gasteiger partial charge in [-0.3, -0.25) is 14.5 Å². The number of amides is 2. The predicted molar refractivity (Wildman–Crippen MR) is 72.7 cm³/mol. The molecule has 2 N–H and O–H groups in total. The molecule has 2 rings (SSSR count). The Morgan fingerprint density at radius 2 is 2.05 bits per heavy atom. The fraction of sp³-hybridized carbons (Fsp3) is 0.846. The van der Waals surface area contributed by atoms with E-state index < -0.39 is 0 Å². The van der Waals surface area contributed by atoms with Crippen LogP contribution in [0.2, 0.25) is 0 Å². The molecule has 2 saturated heterocycles. The van der Waals surface area contributed by atoms with Gasteiger partial charge in [-0.05, 0) is 26.3 Å². The van der Waals surface area contributed by atoms with Crippen LogP contribution in [0.5, 0.6) is 0 Å². The van der Waals surface area contributed by atoms with Crippen LogP contribution >= 0.6 is 0 Å². The monoisotopic (exact) mass is 268 g/mol. The highest BCUT2D eigenvalue weighted by Crippen LogP contribution is 2.11. The van der Waals surface area contributed by atoms with Crippen molar-refractivity contribution in [3.8, 4) is 0 Å². The first-order valence-electron chi connectivity index (χ1n) is 7.15. The Balaban J connectivity index is 1.86. The maximum atomic E-state index is 12.2. The molecule has 0 aromatic rings. The minimum atomic E-state index is -0.158. The van der Waals surface area contributed by atoms with Gasteiger partial charge in [0.25, 0.3) is 0 Å². The second kappa shape index (κ2) is 6.86. The summed E-state index contributed by atoms with van der Waals surface area (Å²) in [5.41, 5.74) is 0. The van der Waals surface area contributed by atoms with Gasteiger partial charge in [-0.15, -0.1) is 0 Å². The van der Waals surface area contributed by atoms with Crippen LogP contribution < -0.4 is 10.6 Å². The zero-order chi connectivity index (χ0) is 13.7. The molecule has 108 valence electrons. The molecule has 2 heterocycles. The Hall–Kier alpha value is -1.14. The van der Waals surface area contributed by atoms with Crippen molar-refractivity contribution in [2.45, 2.75) is 25.3 Å². The fourth-order valence-electron chi connectivity index (χ4n) is 2.68. The summed E-state index contributed by atoms with van der Waals surface area (Å²) in [6.07, 6.45) is 2.91. The predicted octanol–water partition coefficient (Wildman–Crippen LogP) is -0.981. The van der Waals surface area contributed by atoms with E-state index in [2.05, 4.69) is 10.6 Å². The second-order valence-electron chi connectivity index (χ2n) is 5.35. The molecule has 2 fully saturated rings. The molecule has 0 bridgehead atoms. The summed E-state index contributed by atoms with van der Waals surface area (Å²) in [4.78, 5) is 27.9. The summed E-state index contributed by atoms with van der Waals surface area (Å²) in [5, 5.41) is 6.14. The number of rotatable bonds is 3. The van der Waals surface area contributed by atoms with Crippen molar-refractivity contribution >= 4 is 11.8 Å². The van der Waals surface area contributed by atoms with Crippen molar-refractivity contribution in [1.29, 1.82) is 0 Å². The van der Waals surface area contributed by atoms with Gasteiger partial charge in [0, 0.05) is 32.7 Å². The Kier molecular flexibility index (Phi) is 5.15. The van der Waals surface area contributed by atoms with E-state index >= 15 is 0 Å². The van der Waals surface area contributed by atoms with E-state index in [1.54, 1.807) is 0 Å². The number of carbonyl (C=O) groups excluding carboxylic acids is 2. The van der Waals surface area contributed by atoms with Crippen molar-refractivity contribution in [1.82, 2.24) is 20.4 Å². The van der Waals surface area contributed by atoms with E-state index in [1.807, 2.05) is 16.8 Å². The van der Waals surface area contributed by atoms with E-state index in [4.69, 9.17) is 0 Å². The first kappa shape index (κ1) is 14.3. The van der Waals surface area contributed by atoms with Crippen molar-refractivity contribution in [3.63, 3.8) is 0 Å². The summed E-state index contributed by atoms with van der Waals surface area (Å²) in [6, 6.07) is -0.158. The molecule has 2 aliphatic rings. The molecule has 1 atom stereocenters. The standard InChI is InChI=1S/C13H24N4O2/c1-16(11-4-2-3-5-15-13(11)19)10-12(18)17-8-6-14-7-9-17/h11,14H,2-10H2,1H3,(H,15,19). The van der Waals surface area contributed by atoms with Crippen LogP contribution in [-0.4, -0.2) is 74.0 Å². The van der Waals surface area contributed by atoms with E-state index in [0.717, 1.165) is 52.0 Å². The summed E-state index contributed by atoms with van der Waals surface area (Å²) in [5.74, 6) is 0.189. The average molecular weight is 268 g/mol. The van der Waals surface area contributed by atoms with E-state index in [1.165, 1.54) is 0 Å². The Labute approximate surface area is 114 Å². The highest BCUT2D eigenvalue weighted by Gasteiger charge is 2.27. The van der Waals surface area contributed by atoms with Gasteiger partial charge in [0.15, 0.2) is 0 Å². The van der Waals surface area contributed by atoms with Gasteiger partial charge in [-0.2, -0.15) is 0 Å². The Morgan fingerprint density at radius 3 is 2.79 bits per heavy atom. The third-order valence-electron chi connectivity index (χ3n) is 3.89. The van der Waals surface area contributed by atoms with Crippen molar-refractivity contribution in [3.05, 3.63) is 0 Å². The van der Waals surface area contributed by atoms with Crippen LogP contribution in [0.4, 0.5) is 0 Å². The summed E-state index contributed by atoms with van der Waals surface area (Å²) >= 11 is 0. The number of piperazine rings is 1. The van der Waals surface area contributed by atoms with Crippen LogP contribution in [0.25, 0.3) is 0 Å². The largest absolute Gasteiger partial charge is 0.355 e. The third kappa shape index (κ3) is 3.91. The minimum absolute atomic E-state index is 0.0631. The molecule has 19 heavy (non-hydrogen) atoms. The van der Waals surface area contributed by atoms with Gasteiger partial charge in [-0.25, -0.2) is 0 Å². The summed E-state index contributed by atoms with van der Waals surface area (Å²) < 4.78 is 0. The first-order chi connectivity index (χ1) is 9.18. The fourth-order valence-corrected chi connectivity index (χ4v) is 2.68. The van der Waals surface area contributed by atoms with Crippen LogP contribution in [-0.2, 0) is 9.59 Å². The second-order valence-corrected chi connectivity index (χ2v) is 5.35. The molecule has 0 radical (unpaired) electrons. The van der Waals surface area contributed by atoms with Crippen molar-refractivity contribution in [2.75, 3.05) is 46.3 Å². The molecule has 0 aliphatic carbocycles. The smallest absolute Gasteiger partial charge is 0.237 e. The van der Waals surface area contributed by atoms with E-state index in [0.29, 0.717) is 6.54 Å². The van der Waals surface area contributed by atoms with Gasteiger partial charge in [0.05, 0.1) is 12.6 Å². The normalized spacial score (nSPS) is 25.1. The van der Waals surface area contributed by atoms with E-state index in [-0.39, 0.29) is 17.9 Å². The highest BCUT2D eigenvalue weighted by molar-refractivity contribution is 5.83. The molecule has 6 heteroatoms. The molecule has 0 spiro atoms. The SMILES string of the molecule is CN(CC(=O)N1CCNCC1)C1CCCCNC1=O. The molecule has 0 aromatic carbocycles. The van der Waals surface area contributed by atoms with Gasteiger partial charge in [0.2, 0.25) is 11.8 Å². The summed E-state index contributed by atoms with van der Waals surface area (Å²) in [7, 11) is 1.87. The lowest BCUT2D eigenvalue weighted by Crippen LogP contribution is -2.52. The lowest BCUT2D eigenvalue weighted by atomic mass is 10.1. The maximum absolute atomic E-state index is 12.2. The highest BCUT2D eigenvalue weighted by atomic mass is 16.2. The van der Waals surface area contributed by atoms with Crippen molar-refractivity contribution in [2.24, 2.45) is 0 Å². The zero-order valence-electron chi connectivity index (χ0n) is 11.7. The number of carbonyl (C=O) groups is 2. The van der Waals surface area contributed by atoms with E-state index in [9.17, 15) is 9.59 Å². The number of hydrogen-bond acceptors (Lipinski definition) is 4. The van der Waals surface area contributed by atoms with Gasteiger partial charge >= 0.3 is 0 Å². The van der Waals surface area contributed by atoms with Gasteiger partial charge < -0.3 is 15.5 Å². The van der Waals surface area contributed by atoms with Crippen LogP contribution in [0.3, 0.4) is 0 Å². The van der Waals surface area contributed by atoms with Crippen molar-refractivity contribution < 1.29 is 9.59 Å². The average Bonchev–Trinajstić information content (AvgIpc) is 2.64. The molecular formula is C13H24N4O2. The maximum Gasteiger partial charge on any atom is 0.237 e. The molecule has 6 nitrogen and oxygen atoms in total. The lowest BCUT2D eigenvalue weighted by Gasteiger charge is -2.31. The Morgan fingerprint density at radius 1 is 1.32 bits per heavy atom. The van der Waals surface area contributed by atoms with Crippen LogP contribution in [0.15, 0.2) is 0 Å². The van der Waals surface area contributed by atoms with Gasteiger partial charge in [0.1, 0.15) is 0 Å². The molecule has 0 aromatic heterocycles. The Bertz CT molecular complexity index is 329. The zero-order valence-corrected chi connectivity index (χ0v) is 11.7. The molecule has 2 amide bonds. The molecular weight excluding hydrogens is 244 g/mol. The summed E-state index contributed by atoms with van der Waals surface area (Å²) in [6.45, 7) is 4.35. The first-order valence-corrected chi connectivity index (χ1v) is 7.15. The number of hydrogen-bond donors (Lipinski definition) is 2.